The molecule has 9 nitrogen and oxygen atoms in total. The van der Waals surface area contributed by atoms with Gasteiger partial charge < -0.3 is 13.7 Å². The van der Waals surface area contributed by atoms with Crippen LogP contribution in [0.15, 0.2) is 56.0 Å². The number of hydrogen-bond acceptors (Lipinski definition) is 10. The summed E-state index contributed by atoms with van der Waals surface area (Å²) in [5, 5.41) is 0. The first kappa shape index (κ1) is 31.7. The Bertz CT molecular complexity index is 1120. The second kappa shape index (κ2) is 11.4. The second-order valence-electron chi connectivity index (χ2n) is 4.67. The van der Waals surface area contributed by atoms with Crippen LogP contribution in [0, 0.1) is 0 Å². The Labute approximate surface area is 234 Å². The van der Waals surface area contributed by atoms with E-state index in [1.807, 2.05) is 0 Å². The fourth-order valence-corrected chi connectivity index (χ4v) is 4.55. The third-order valence-corrected chi connectivity index (χ3v) is 5.96. The Morgan fingerprint density at radius 2 is 1.07 bits per heavy atom. The van der Waals surface area contributed by atoms with Gasteiger partial charge in [0.1, 0.15) is 30.4 Å². The largest absolute Gasteiger partial charge is 1.00 e. The fraction of sp³-hybridized carbons (Fsp3) is 0. The summed E-state index contributed by atoms with van der Waals surface area (Å²) in [5.41, 5.74) is -1.06. The van der Waals surface area contributed by atoms with Crippen molar-refractivity contribution in [2.45, 2.75) is 19.6 Å². The van der Waals surface area contributed by atoms with Crippen molar-refractivity contribution >= 4 is 43.0 Å². The third-order valence-electron chi connectivity index (χ3n) is 3.04. The summed E-state index contributed by atoms with van der Waals surface area (Å²) in [6, 6.07) is 5.73. The minimum absolute atomic E-state index is 0. The molecule has 0 bridgehead atoms. The van der Waals surface area contributed by atoms with Gasteiger partial charge >= 0.3 is 88.7 Å². The summed E-state index contributed by atoms with van der Waals surface area (Å²) in [5.74, 6) is 0. The van der Waals surface area contributed by atoms with Crippen LogP contribution in [0.4, 0.5) is 0 Å². The molecule has 0 saturated carbocycles. The van der Waals surface area contributed by atoms with Gasteiger partial charge in [-0.05, 0) is 23.8 Å². The number of hydrogen-bond donors (Lipinski definition) is 1. The van der Waals surface area contributed by atoms with Crippen molar-refractivity contribution in [2.24, 2.45) is 0 Å². The topological polar surface area (TPSA) is 172 Å². The van der Waals surface area contributed by atoms with Crippen molar-refractivity contribution in [3.05, 3.63) is 36.4 Å². The maximum Gasteiger partial charge on any atom is 1.00 e. The van der Waals surface area contributed by atoms with Crippen LogP contribution >= 0.6 is 12.6 Å². The van der Waals surface area contributed by atoms with Gasteiger partial charge in [-0.15, -0.1) is 12.6 Å². The maximum atomic E-state index is 11.5. The first-order chi connectivity index (χ1) is 11.2. The summed E-state index contributed by atoms with van der Waals surface area (Å²) >= 11 is 4.00. The van der Waals surface area contributed by atoms with Gasteiger partial charge in [-0.2, -0.15) is 0 Å². The molecule has 136 valence electrons. The zero-order chi connectivity index (χ0) is 19.2. The van der Waals surface area contributed by atoms with E-state index in [1.165, 1.54) is 24.3 Å². The number of rotatable bonds is 4. The van der Waals surface area contributed by atoms with E-state index in [-0.39, 0.29) is 111 Å². The first-order valence-corrected chi connectivity index (χ1v) is 10.7. The SMILES string of the molecule is O=S(=O)([O-])c1cc(S(=O)(=O)[O-])c(-c2ccccc2S)c(S(=O)(=O)[O-])c1.[Na+].[Na+].[Na+]. The molecule has 0 heterocycles. The van der Waals surface area contributed by atoms with E-state index in [9.17, 15) is 38.9 Å². The average molecular weight is 492 g/mol. The number of benzene rings is 2. The predicted molar refractivity (Wildman–Crippen MR) is 83.0 cm³/mol. The molecule has 0 fully saturated rings. The van der Waals surface area contributed by atoms with E-state index in [0.717, 1.165) is 0 Å². The molecule has 0 amide bonds. The molecule has 0 aromatic heterocycles. The van der Waals surface area contributed by atoms with Crippen LogP contribution < -0.4 is 88.7 Å². The minimum atomic E-state index is -5.45. The Morgan fingerprint density at radius 1 is 0.679 bits per heavy atom. The minimum Gasteiger partial charge on any atom is -0.744 e. The van der Waals surface area contributed by atoms with Crippen molar-refractivity contribution in [1.82, 2.24) is 0 Å². The molecule has 2 rings (SSSR count). The Balaban J connectivity index is 0. The van der Waals surface area contributed by atoms with Crippen LogP contribution in [0.1, 0.15) is 0 Å². The van der Waals surface area contributed by atoms with Crippen LogP contribution in [-0.4, -0.2) is 38.9 Å². The molecule has 0 aliphatic rings. The van der Waals surface area contributed by atoms with Gasteiger partial charge in [0.05, 0.1) is 14.7 Å². The summed E-state index contributed by atoms with van der Waals surface area (Å²) < 4.78 is 103. The van der Waals surface area contributed by atoms with Gasteiger partial charge in [0, 0.05) is 10.5 Å². The van der Waals surface area contributed by atoms with E-state index >= 15 is 0 Å². The molecular formula is C12H7Na3O9S4. The standard InChI is InChI=1S/C12H10O9S4.3Na/c13-23(14,15)7-5-10(24(16,17)18)12(11(6-7)25(19,20)21)8-3-1-2-4-9(8)22;;;/h1-6,22H,(H,13,14,15)(H,16,17,18)(H,19,20,21);;;/q;3*+1/p-3. The molecule has 2 aromatic carbocycles. The Morgan fingerprint density at radius 3 is 1.39 bits per heavy atom. The van der Waals surface area contributed by atoms with E-state index in [1.54, 1.807) is 0 Å². The summed E-state index contributed by atoms with van der Waals surface area (Å²) in [6.45, 7) is 0. The normalized spacial score (nSPS) is 11.6. The van der Waals surface area contributed by atoms with Crippen LogP contribution in [0.25, 0.3) is 11.1 Å². The van der Waals surface area contributed by atoms with E-state index in [4.69, 9.17) is 0 Å². The fourth-order valence-electron chi connectivity index (χ4n) is 2.06. The third kappa shape index (κ3) is 7.58. The molecule has 0 unspecified atom stereocenters. The van der Waals surface area contributed by atoms with Crippen LogP contribution in [0.2, 0.25) is 0 Å². The van der Waals surface area contributed by atoms with E-state index in [2.05, 4.69) is 12.6 Å². The molecule has 0 aliphatic heterocycles. The van der Waals surface area contributed by atoms with Gasteiger partial charge in [-0.1, -0.05) is 18.2 Å². The van der Waals surface area contributed by atoms with Crippen LogP contribution in [-0.2, 0) is 30.4 Å². The molecular weight excluding hydrogens is 485 g/mol. The Kier molecular flexibility index (Phi) is 12.9. The zero-order valence-corrected chi connectivity index (χ0v) is 24.2. The molecule has 0 saturated heterocycles. The first-order valence-electron chi connectivity index (χ1n) is 6.07. The van der Waals surface area contributed by atoms with Gasteiger partial charge in [0.15, 0.2) is 0 Å². The summed E-state index contributed by atoms with van der Waals surface area (Å²) in [7, 11) is -16.3. The van der Waals surface area contributed by atoms with Crippen molar-refractivity contribution in [3.8, 4) is 11.1 Å². The predicted octanol–water partition coefficient (Wildman–Crippen LogP) is -8.63. The second-order valence-corrected chi connectivity index (χ2v) is 9.23. The molecule has 16 heteroatoms. The molecule has 2 aromatic rings. The van der Waals surface area contributed by atoms with Gasteiger partial charge in [0.25, 0.3) is 0 Å². The molecule has 0 aliphatic carbocycles. The van der Waals surface area contributed by atoms with Gasteiger partial charge in [-0.3, -0.25) is 0 Å². The smallest absolute Gasteiger partial charge is 0.744 e. The van der Waals surface area contributed by atoms with Crippen LogP contribution in [0.3, 0.4) is 0 Å². The Hall–Kier alpha value is 1.52. The summed E-state index contributed by atoms with van der Waals surface area (Å²) in [6.07, 6.45) is 0. The number of thiol groups is 1. The van der Waals surface area contributed by atoms with E-state index < -0.39 is 50.6 Å². The van der Waals surface area contributed by atoms with Crippen molar-refractivity contribution in [3.63, 3.8) is 0 Å². The van der Waals surface area contributed by atoms with Crippen molar-refractivity contribution < 1.29 is 128 Å². The molecule has 0 N–H and O–H groups in total. The van der Waals surface area contributed by atoms with Crippen LogP contribution in [0.5, 0.6) is 0 Å². The zero-order valence-electron chi connectivity index (χ0n) is 14.8. The summed E-state index contributed by atoms with van der Waals surface area (Å²) in [4.78, 5) is -3.99. The van der Waals surface area contributed by atoms with Gasteiger partial charge in [0.2, 0.25) is 0 Å². The average Bonchev–Trinajstić information content (AvgIpc) is 2.43. The molecule has 0 spiro atoms. The molecule has 0 radical (unpaired) electrons. The maximum absolute atomic E-state index is 11.5. The monoisotopic (exact) mass is 492 g/mol. The quantitative estimate of drug-likeness (QED) is 0.247. The molecule has 0 atom stereocenters. The van der Waals surface area contributed by atoms with Crippen molar-refractivity contribution in [2.75, 3.05) is 0 Å². The van der Waals surface area contributed by atoms with Crippen molar-refractivity contribution in [1.29, 1.82) is 0 Å². The van der Waals surface area contributed by atoms with E-state index in [0.29, 0.717) is 0 Å². The van der Waals surface area contributed by atoms with Gasteiger partial charge in [-0.25, -0.2) is 25.3 Å². The molecule has 28 heavy (non-hydrogen) atoms.